The smallest absolute Gasteiger partial charge is 0.251 e. The van der Waals surface area contributed by atoms with E-state index < -0.39 is 15.9 Å². The predicted molar refractivity (Wildman–Crippen MR) is 201 cm³/mol. The summed E-state index contributed by atoms with van der Waals surface area (Å²) in [5, 5.41) is 14.8. The summed E-state index contributed by atoms with van der Waals surface area (Å²) < 4.78 is 28.1. The molecule has 0 fully saturated rings. The van der Waals surface area contributed by atoms with Gasteiger partial charge in [0.15, 0.2) is 0 Å². The number of nitrogens with one attached hydrogen (secondary N) is 2. The highest BCUT2D eigenvalue weighted by Crippen LogP contribution is 2.46. The van der Waals surface area contributed by atoms with Gasteiger partial charge in [-0.1, -0.05) is 61.2 Å². The quantitative estimate of drug-likeness (QED) is 0.182. The summed E-state index contributed by atoms with van der Waals surface area (Å²) in [4.78, 5) is 41.7. The molecule has 6 rings (SSSR count). The number of carbonyl (C=O) groups excluding carboxylic acids is 3. The second kappa shape index (κ2) is 15.3. The van der Waals surface area contributed by atoms with Gasteiger partial charge in [-0.3, -0.25) is 14.4 Å². The van der Waals surface area contributed by atoms with E-state index in [-0.39, 0.29) is 59.8 Å². The van der Waals surface area contributed by atoms with E-state index >= 15 is 0 Å². The van der Waals surface area contributed by atoms with Crippen molar-refractivity contribution in [2.75, 3.05) is 43.9 Å². The molecule has 266 valence electrons. The first kappa shape index (κ1) is 35.5. The molecule has 3 N–H and O–H groups in total. The van der Waals surface area contributed by atoms with Crippen molar-refractivity contribution in [1.82, 2.24) is 14.9 Å². The van der Waals surface area contributed by atoms with Gasteiger partial charge in [0.05, 0.1) is 25.1 Å². The van der Waals surface area contributed by atoms with Crippen molar-refractivity contribution in [3.63, 3.8) is 0 Å². The number of hydrogen-bond acceptors (Lipinski definition) is 6. The van der Waals surface area contributed by atoms with Crippen LogP contribution in [0.25, 0.3) is 11.1 Å². The molecule has 0 aromatic heterocycles. The highest BCUT2D eigenvalue weighted by molar-refractivity contribution is 7.88. The minimum Gasteiger partial charge on any atom is -0.395 e. The summed E-state index contributed by atoms with van der Waals surface area (Å²) in [6, 6.07) is 25.7. The van der Waals surface area contributed by atoms with E-state index in [2.05, 4.69) is 22.5 Å². The number of amides is 3. The molecule has 0 radical (unpaired) electrons. The zero-order chi connectivity index (χ0) is 36.1. The van der Waals surface area contributed by atoms with Crippen LogP contribution >= 0.6 is 0 Å². The van der Waals surface area contributed by atoms with Crippen molar-refractivity contribution < 1.29 is 30.8 Å². The van der Waals surface area contributed by atoms with Crippen molar-refractivity contribution >= 4 is 33.4 Å². The van der Waals surface area contributed by atoms with Gasteiger partial charge in [0.1, 0.15) is 0 Å². The number of hydrogen-bond donors (Lipinski definition) is 3. The lowest BCUT2D eigenvalue weighted by Gasteiger charge is -2.28. The molecule has 1 aliphatic heterocycles. The van der Waals surface area contributed by atoms with E-state index in [1.54, 1.807) is 29.2 Å². The van der Waals surface area contributed by atoms with Crippen LogP contribution in [0.4, 0.5) is 5.69 Å². The molecule has 11 heteroatoms. The minimum atomic E-state index is -3.83. The predicted octanol–water partition coefficient (Wildman–Crippen LogP) is 4.75. The van der Waals surface area contributed by atoms with E-state index in [4.69, 9.17) is 0 Å². The molecule has 2 aliphatic rings. The fourth-order valence-electron chi connectivity index (χ4n) is 6.61. The van der Waals surface area contributed by atoms with Gasteiger partial charge in [0, 0.05) is 63.6 Å². The van der Waals surface area contributed by atoms with Crippen molar-refractivity contribution in [1.29, 1.82) is 0 Å². The lowest BCUT2D eigenvalue weighted by Crippen LogP contribution is -2.39. The van der Waals surface area contributed by atoms with Gasteiger partial charge in [-0.25, -0.2) is 12.7 Å². The van der Waals surface area contributed by atoms with Crippen LogP contribution in [0.3, 0.4) is 0 Å². The Morgan fingerprint density at radius 3 is 2.08 bits per heavy atom. The maximum absolute atomic E-state index is 14.1. The largest absolute Gasteiger partial charge is 0.395 e. The fourth-order valence-corrected chi connectivity index (χ4v) is 7.45. The van der Waals surface area contributed by atoms with Crippen LogP contribution < -0.4 is 15.5 Å². The van der Waals surface area contributed by atoms with Crippen LogP contribution in [-0.2, 0) is 21.4 Å². The third-order valence-corrected chi connectivity index (χ3v) is 10.5. The molecular weight excluding hydrogens is 665 g/mol. The van der Waals surface area contributed by atoms with Crippen LogP contribution in [0.5, 0.6) is 0 Å². The van der Waals surface area contributed by atoms with Crippen LogP contribution in [0.1, 0.15) is 77.1 Å². The normalized spacial score (nSPS) is 14.2. The van der Waals surface area contributed by atoms with Gasteiger partial charge in [-0.15, -0.1) is 0 Å². The lowest BCUT2D eigenvalue weighted by molar-refractivity contribution is -0.118. The molecule has 10 nitrogen and oxygen atoms in total. The van der Waals surface area contributed by atoms with Crippen LogP contribution in [0.15, 0.2) is 84.9 Å². The molecule has 1 aliphatic carbocycles. The van der Waals surface area contributed by atoms with Gasteiger partial charge >= 0.3 is 0 Å². The molecule has 0 saturated carbocycles. The number of rotatable bonds is 12. The Hall–Kier alpha value is -5.28. The van der Waals surface area contributed by atoms with Gasteiger partial charge in [0.25, 0.3) is 11.8 Å². The van der Waals surface area contributed by atoms with Crippen LogP contribution in [0, 0.1) is 11.8 Å². The van der Waals surface area contributed by atoms with Crippen LogP contribution in [0.2, 0.25) is 0 Å². The number of anilines is 1. The lowest BCUT2D eigenvalue weighted by atomic mass is 9.94. The highest BCUT2D eigenvalue weighted by Gasteiger charge is 2.34. The number of benzene rings is 4. The molecule has 0 bridgehead atoms. The summed E-state index contributed by atoms with van der Waals surface area (Å²) in [7, 11) is -3.83. The number of aliphatic hydroxyl groups excluding tert-OH is 1. The summed E-state index contributed by atoms with van der Waals surface area (Å²) >= 11 is 0. The van der Waals surface area contributed by atoms with Crippen molar-refractivity contribution in [3.05, 3.63) is 124 Å². The first-order valence-corrected chi connectivity index (χ1v) is 18.8. The summed E-state index contributed by atoms with van der Waals surface area (Å²) in [6.45, 7) is 2.55. The third kappa shape index (κ3) is 7.73. The van der Waals surface area contributed by atoms with E-state index in [9.17, 15) is 27.9 Å². The zero-order valence-electron chi connectivity index (χ0n) is 28.6. The Morgan fingerprint density at radius 1 is 0.863 bits per heavy atom. The Kier molecular flexibility index (Phi) is 10.7. The topological polar surface area (TPSA) is 136 Å². The molecule has 1 unspecified atom stereocenters. The van der Waals surface area contributed by atoms with E-state index in [1.165, 1.54) is 4.31 Å². The Morgan fingerprint density at radius 2 is 1.45 bits per heavy atom. The van der Waals surface area contributed by atoms with Gasteiger partial charge in [-0.05, 0) is 76.7 Å². The summed E-state index contributed by atoms with van der Waals surface area (Å²) in [5.41, 5.74) is 7.06. The van der Waals surface area contributed by atoms with Crippen molar-refractivity contribution in [2.24, 2.45) is 0 Å². The molecular formula is C40H44N4O6S. The monoisotopic (exact) mass is 708 g/mol. The molecule has 1 atom stereocenters. The van der Waals surface area contributed by atoms with Crippen LogP contribution in [-0.4, -0.2) is 74.6 Å². The average Bonchev–Trinajstić information content (AvgIpc) is 3.43. The minimum absolute atomic E-state index is 0. The number of nitrogens with zero attached hydrogens (tertiary/aromatic N) is 2. The number of para-hydroxylation sites is 1. The SMILES string of the molecule is CCCNC(=O)c1ccc2c(c1)C(CN(CCC(=O)N1Cc3ccccc3C#Cc3ccccc31)S(C)(=O)=O)c1cc(C(=O)NCCO)ccc1-2.[HH].[HH]. The molecule has 4 aromatic rings. The summed E-state index contributed by atoms with van der Waals surface area (Å²) in [6.07, 6.45) is 1.81. The van der Waals surface area contributed by atoms with Crippen molar-refractivity contribution in [3.8, 4) is 23.0 Å². The van der Waals surface area contributed by atoms with E-state index in [0.29, 0.717) is 28.9 Å². The van der Waals surface area contributed by atoms with Gasteiger partial charge < -0.3 is 20.6 Å². The fraction of sp³-hybridized carbons (Fsp3) is 0.275. The average molecular weight is 709 g/mol. The number of fused-ring (bicyclic) bond motifs is 5. The van der Waals surface area contributed by atoms with Gasteiger partial charge in [0.2, 0.25) is 15.9 Å². The third-order valence-electron chi connectivity index (χ3n) is 9.21. The van der Waals surface area contributed by atoms with Crippen molar-refractivity contribution in [2.45, 2.75) is 32.2 Å². The number of carbonyl (C=O) groups is 3. The molecule has 1 heterocycles. The zero-order valence-corrected chi connectivity index (χ0v) is 29.4. The Labute approximate surface area is 301 Å². The van der Waals surface area contributed by atoms with Gasteiger partial charge in [-0.2, -0.15) is 0 Å². The molecule has 0 saturated heterocycles. The molecule has 51 heavy (non-hydrogen) atoms. The van der Waals surface area contributed by atoms with E-state index in [1.807, 2.05) is 67.6 Å². The standard InChI is InChI=1S/C40H40N4O6S.2H2/c1-3-19-41-39(47)29-14-16-32-33-17-15-30(40(48)42-20-22-45)24-35(33)36(34(32)23-29)26-43(51(2,49)50)21-18-38(46)44-25-31-10-5-4-8-27(31)12-13-28-9-6-7-11-37(28)44;;/h4-11,14-17,23-24,36,45H,3,18-22,25-26H2,1-2H3,(H,41,47)(H,42,48);2*1H. The second-order valence-corrected chi connectivity index (χ2v) is 14.6. The Bertz CT molecular complexity index is 2110. The maximum atomic E-state index is 14.1. The second-order valence-electron chi connectivity index (χ2n) is 12.7. The molecule has 0 spiro atoms. The maximum Gasteiger partial charge on any atom is 0.251 e. The molecule has 4 aromatic carbocycles. The Balaban J connectivity index is 0.00000314. The number of aliphatic hydroxyl groups is 1. The number of sulfonamides is 1. The highest BCUT2D eigenvalue weighted by atomic mass is 32.2. The first-order valence-electron chi connectivity index (χ1n) is 17.0. The molecule has 3 amide bonds. The summed E-state index contributed by atoms with van der Waals surface area (Å²) in [5.74, 6) is 5.02. The first-order chi connectivity index (χ1) is 24.6. The van der Waals surface area contributed by atoms with E-state index in [0.717, 1.165) is 46.1 Å².